The Bertz CT molecular complexity index is 890. The minimum atomic E-state index is -0.562. The molecule has 0 aliphatic rings. The lowest BCUT2D eigenvalue weighted by molar-refractivity contribution is -0.384. The van der Waals surface area contributed by atoms with E-state index in [-0.39, 0.29) is 30.4 Å². The molecule has 0 heterocycles. The fraction of sp³-hybridized carbons (Fsp3) is 0.222. The van der Waals surface area contributed by atoms with E-state index in [1.165, 1.54) is 30.2 Å². The van der Waals surface area contributed by atoms with Gasteiger partial charge in [0.2, 0.25) is 11.8 Å². The molecule has 2 amide bonds. The predicted molar refractivity (Wildman–Crippen MR) is 109 cm³/mol. The number of nitro benzene ring substituents is 1. The largest absolute Gasteiger partial charge is 0.495 e. The molecule has 0 aromatic heterocycles. The summed E-state index contributed by atoms with van der Waals surface area (Å²) in [7, 11) is 3.01. The summed E-state index contributed by atoms with van der Waals surface area (Å²) in [5.41, 5.74) is 0.650. The van der Waals surface area contributed by atoms with Crippen molar-refractivity contribution in [3.05, 3.63) is 57.1 Å². The van der Waals surface area contributed by atoms with Gasteiger partial charge in [-0.2, -0.15) is 0 Å². The van der Waals surface area contributed by atoms with Gasteiger partial charge in [0, 0.05) is 16.6 Å². The normalized spacial score (nSPS) is 10.4. The van der Waals surface area contributed by atoms with Gasteiger partial charge in [-0.25, -0.2) is 0 Å². The molecular weight excluding hydrogens is 432 g/mol. The molecule has 148 valence electrons. The van der Waals surface area contributed by atoms with E-state index in [1.807, 2.05) is 6.07 Å². The second kappa shape index (κ2) is 9.81. The van der Waals surface area contributed by atoms with Crippen LogP contribution in [-0.4, -0.2) is 48.9 Å². The molecule has 0 aliphatic carbocycles. The molecule has 28 heavy (non-hydrogen) atoms. The number of benzene rings is 2. The molecule has 2 N–H and O–H groups in total. The van der Waals surface area contributed by atoms with Crippen LogP contribution in [0.25, 0.3) is 0 Å². The van der Waals surface area contributed by atoms with Gasteiger partial charge in [0.25, 0.3) is 5.69 Å². The third-order valence-corrected chi connectivity index (χ3v) is 4.33. The SMILES string of the molecule is COc1ccc([N+](=O)[O-])cc1NC(=O)CN(C)CC(=O)Nc1ccccc1Br. The first-order valence-corrected chi connectivity index (χ1v) is 8.94. The Kier molecular flexibility index (Phi) is 7.47. The molecule has 0 fully saturated rings. The van der Waals surface area contributed by atoms with Crippen LogP contribution < -0.4 is 15.4 Å². The molecule has 2 aromatic rings. The first-order valence-electron chi connectivity index (χ1n) is 8.15. The number of non-ortho nitro benzene ring substituents is 1. The maximum Gasteiger partial charge on any atom is 0.271 e. The second-order valence-electron chi connectivity index (χ2n) is 5.89. The van der Waals surface area contributed by atoms with Crippen LogP contribution in [0.3, 0.4) is 0 Å². The van der Waals surface area contributed by atoms with Crippen LogP contribution in [0.2, 0.25) is 0 Å². The van der Waals surface area contributed by atoms with Crippen LogP contribution in [0.5, 0.6) is 5.75 Å². The molecule has 0 spiro atoms. The van der Waals surface area contributed by atoms with E-state index >= 15 is 0 Å². The Labute approximate surface area is 169 Å². The highest BCUT2D eigenvalue weighted by molar-refractivity contribution is 9.10. The maximum absolute atomic E-state index is 12.2. The number of amides is 2. The van der Waals surface area contributed by atoms with E-state index in [0.29, 0.717) is 11.4 Å². The van der Waals surface area contributed by atoms with E-state index in [2.05, 4.69) is 26.6 Å². The lowest BCUT2D eigenvalue weighted by Gasteiger charge is -2.17. The highest BCUT2D eigenvalue weighted by Gasteiger charge is 2.16. The molecule has 2 rings (SSSR count). The molecule has 0 bridgehead atoms. The van der Waals surface area contributed by atoms with Crippen LogP contribution >= 0.6 is 15.9 Å². The number of nitro groups is 1. The molecule has 0 atom stereocenters. The van der Waals surface area contributed by atoms with E-state index in [1.54, 1.807) is 25.2 Å². The zero-order chi connectivity index (χ0) is 20.7. The van der Waals surface area contributed by atoms with Gasteiger partial charge in [-0.3, -0.25) is 24.6 Å². The monoisotopic (exact) mass is 450 g/mol. The van der Waals surface area contributed by atoms with E-state index in [9.17, 15) is 19.7 Å². The van der Waals surface area contributed by atoms with Gasteiger partial charge in [0.05, 0.1) is 36.5 Å². The number of para-hydroxylation sites is 1. The summed E-state index contributed by atoms with van der Waals surface area (Å²) in [6.07, 6.45) is 0. The average molecular weight is 451 g/mol. The van der Waals surface area contributed by atoms with Crippen molar-refractivity contribution in [2.24, 2.45) is 0 Å². The Morgan fingerprint density at radius 1 is 1.11 bits per heavy atom. The topological polar surface area (TPSA) is 114 Å². The smallest absolute Gasteiger partial charge is 0.271 e. The van der Waals surface area contributed by atoms with Crippen LogP contribution in [0.4, 0.5) is 17.1 Å². The van der Waals surface area contributed by atoms with Crippen LogP contribution in [0, 0.1) is 10.1 Å². The summed E-state index contributed by atoms with van der Waals surface area (Å²) >= 11 is 3.35. The van der Waals surface area contributed by atoms with Crippen molar-refractivity contribution in [2.75, 3.05) is 37.9 Å². The Morgan fingerprint density at radius 2 is 1.71 bits per heavy atom. The molecule has 0 saturated carbocycles. The van der Waals surface area contributed by atoms with Crippen molar-refractivity contribution in [1.82, 2.24) is 4.90 Å². The Balaban J connectivity index is 1.94. The van der Waals surface area contributed by atoms with Crippen LogP contribution in [-0.2, 0) is 9.59 Å². The number of carbonyl (C=O) groups excluding carboxylic acids is 2. The van der Waals surface area contributed by atoms with Gasteiger partial charge in [-0.15, -0.1) is 0 Å². The fourth-order valence-electron chi connectivity index (χ4n) is 2.40. The molecule has 0 radical (unpaired) electrons. The number of hydrogen-bond donors (Lipinski definition) is 2. The number of likely N-dealkylation sites (N-methyl/N-ethyl adjacent to an activating group) is 1. The number of rotatable bonds is 8. The molecule has 10 heteroatoms. The Morgan fingerprint density at radius 3 is 2.29 bits per heavy atom. The number of hydrogen-bond acceptors (Lipinski definition) is 6. The highest BCUT2D eigenvalue weighted by Crippen LogP contribution is 2.28. The van der Waals surface area contributed by atoms with Crippen molar-refractivity contribution in [3.8, 4) is 5.75 Å². The Hall–Kier alpha value is -2.98. The predicted octanol–water partition coefficient (Wildman–Crippen LogP) is 2.87. The minimum absolute atomic E-state index is 0.0131. The summed E-state index contributed by atoms with van der Waals surface area (Å²) in [6.45, 7) is -0.101. The quantitative estimate of drug-likeness (QED) is 0.472. The van der Waals surface area contributed by atoms with Crippen LogP contribution in [0.1, 0.15) is 0 Å². The summed E-state index contributed by atoms with van der Waals surface area (Å²) < 4.78 is 5.86. The molecule has 0 saturated heterocycles. The first kappa shape index (κ1) is 21.3. The van der Waals surface area contributed by atoms with Crippen molar-refractivity contribution < 1.29 is 19.2 Å². The number of halogens is 1. The molecule has 9 nitrogen and oxygen atoms in total. The zero-order valence-electron chi connectivity index (χ0n) is 15.3. The number of ether oxygens (including phenoxy) is 1. The van der Waals surface area contributed by atoms with Gasteiger partial charge < -0.3 is 15.4 Å². The molecule has 0 aliphatic heterocycles. The van der Waals surface area contributed by atoms with E-state index < -0.39 is 10.8 Å². The van der Waals surface area contributed by atoms with Gasteiger partial charge in [-0.05, 0) is 41.2 Å². The standard InChI is InChI=1S/C18H19BrN4O5/c1-22(10-17(24)20-14-6-4-3-5-13(14)19)11-18(25)21-15-9-12(23(26)27)7-8-16(15)28-2/h3-9H,10-11H2,1-2H3,(H,20,24)(H,21,25). The molecule has 2 aromatic carbocycles. The molecule has 0 unspecified atom stereocenters. The lowest BCUT2D eigenvalue weighted by atomic mass is 10.2. The summed E-state index contributed by atoms with van der Waals surface area (Å²) in [6, 6.07) is 11.1. The summed E-state index contributed by atoms with van der Waals surface area (Å²) in [4.78, 5) is 36.2. The van der Waals surface area contributed by atoms with Gasteiger partial charge in [0.15, 0.2) is 0 Å². The second-order valence-corrected chi connectivity index (χ2v) is 6.74. The van der Waals surface area contributed by atoms with Crippen molar-refractivity contribution in [1.29, 1.82) is 0 Å². The average Bonchev–Trinajstić information content (AvgIpc) is 2.63. The lowest BCUT2D eigenvalue weighted by Crippen LogP contribution is -2.36. The highest BCUT2D eigenvalue weighted by atomic mass is 79.9. The minimum Gasteiger partial charge on any atom is -0.495 e. The van der Waals surface area contributed by atoms with Crippen molar-refractivity contribution in [3.63, 3.8) is 0 Å². The zero-order valence-corrected chi connectivity index (χ0v) is 16.9. The number of anilines is 2. The number of nitrogens with zero attached hydrogens (tertiary/aromatic N) is 2. The molecular formula is C18H19BrN4O5. The van der Waals surface area contributed by atoms with Gasteiger partial charge >= 0.3 is 0 Å². The fourth-order valence-corrected chi connectivity index (χ4v) is 2.78. The number of carbonyl (C=O) groups is 2. The summed E-state index contributed by atoms with van der Waals surface area (Å²) in [5.74, 6) is -0.418. The van der Waals surface area contributed by atoms with Crippen molar-refractivity contribution >= 4 is 44.8 Å². The first-order chi connectivity index (χ1) is 13.3. The maximum atomic E-state index is 12.2. The van der Waals surface area contributed by atoms with Gasteiger partial charge in [-0.1, -0.05) is 12.1 Å². The van der Waals surface area contributed by atoms with Crippen LogP contribution in [0.15, 0.2) is 46.9 Å². The van der Waals surface area contributed by atoms with E-state index in [0.717, 1.165) is 4.47 Å². The number of methoxy groups -OCH3 is 1. The van der Waals surface area contributed by atoms with E-state index in [4.69, 9.17) is 4.74 Å². The third kappa shape index (κ3) is 6.03. The summed E-state index contributed by atoms with van der Waals surface area (Å²) in [5, 5.41) is 16.2. The van der Waals surface area contributed by atoms with Gasteiger partial charge in [0.1, 0.15) is 5.75 Å². The third-order valence-electron chi connectivity index (χ3n) is 3.64. The number of nitrogens with one attached hydrogen (secondary N) is 2. The van der Waals surface area contributed by atoms with Crippen molar-refractivity contribution in [2.45, 2.75) is 0 Å².